The van der Waals surface area contributed by atoms with Crippen LogP contribution in [-0.2, 0) is 9.47 Å². The number of hydrogen-bond donors (Lipinski definition) is 0. The first kappa shape index (κ1) is 12.8. The van der Waals surface area contributed by atoms with Gasteiger partial charge in [-0.1, -0.05) is 0 Å². The van der Waals surface area contributed by atoms with Gasteiger partial charge in [0.05, 0.1) is 24.3 Å². The highest BCUT2D eigenvalue weighted by molar-refractivity contribution is 9.10. The van der Waals surface area contributed by atoms with Gasteiger partial charge in [0.1, 0.15) is 11.6 Å². The van der Waals surface area contributed by atoms with Crippen molar-refractivity contribution in [3.63, 3.8) is 0 Å². The Morgan fingerprint density at radius 3 is 2.82 bits per heavy atom. The number of benzene rings is 1. The Morgan fingerprint density at radius 2 is 2.12 bits per heavy atom. The molecular formula is C12H14BrFO3. The zero-order chi connectivity index (χ0) is 12.1. The third-order valence-electron chi connectivity index (χ3n) is 2.40. The van der Waals surface area contributed by atoms with Crippen LogP contribution in [0.2, 0.25) is 0 Å². The minimum Gasteiger partial charge on any atom is -0.492 e. The van der Waals surface area contributed by atoms with Crippen LogP contribution in [0.3, 0.4) is 0 Å². The van der Waals surface area contributed by atoms with E-state index in [1.165, 1.54) is 12.1 Å². The zero-order valence-corrected chi connectivity index (χ0v) is 10.9. The lowest BCUT2D eigenvalue weighted by Gasteiger charge is -2.23. The van der Waals surface area contributed by atoms with E-state index in [4.69, 9.17) is 14.2 Å². The normalized spacial score (nSPS) is 17.1. The van der Waals surface area contributed by atoms with E-state index < -0.39 is 0 Å². The monoisotopic (exact) mass is 304 g/mol. The maximum Gasteiger partial charge on any atom is 0.160 e. The second-order valence-electron chi connectivity index (χ2n) is 3.74. The van der Waals surface area contributed by atoms with E-state index in [1.54, 1.807) is 6.07 Å². The van der Waals surface area contributed by atoms with Gasteiger partial charge in [0.2, 0.25) is 0 Å². The molecule has 1 heterocycles. The topological polar surface area (TPSA) is 27.7 Å². The van der Waals surface area contributed by atoms with Crippen molar-refractivity contribution in [3.8, 4) is 5.75 Å². The molecule has 0 aromatic heterocycles. The summed E-state index contributed by atoms with van der Waals surface area (Å²) in [7, 11) is 0. The second kappa shape index (κ2) is 6.33. The summed E-state index contributed by atoms with van der Waals surface area (Å²) in [4.78, 5) is 0. The van der Waals surface area contributed by atoms with Gasteiger partial charge in [0.25, 0.3) is 0 Å². The third kappa shape index (κ3) is 3.94. The van der Waals surface area contributed by atoms with Gasteiger partial charge in [-0.15, -0.1) is 0 Å². The smallest absolute Gasteiger partial charge is 0.160 e. The minimum absolute atomic E-state index is 0.178. The van der Waals surface area contributed by atoms with Crippen molar-refractivity contribution in [2.24, 2.45) is 0 Å². The lowest BCUT2D eigenvalue weighted by Crippen LogP contribution is -2.26. The molecule has 17 heavy (non-hydrogen) atoms. The minimum atomic E-state index is -0.289. The quantitative estimate of drug-likeness (QED) is 0.855. The van der Waals surface area contributed by atoms with E-state index >= 15 is 0 Å². The number of rotatable bonds is 4. The van der Waals surface area contributed by atoms with E-state index in [1.807, 2.05) is 0 Å². The van der Waals surface area contributed by atoms with Crippen LogP contribution in [0.1, 0.15) is 12.8 Å². The van der Waals surface area contributed by atoms with Crippen molar-refractivity contribution in [1.29, 1.82) is 0 Å². The highest BCUT2D eigenvalue weighted by atomic mass is 79.9. The second-order valence-corrected chi connectivity index (χ2v) is 4.59. The average Bonchev–Trinajstić information content (AvgIpc) is 2.33. The Kier molecular flexibility index (Phi) is 4.76. The molecule has 1 aromatic carbocycles. The molecule has 94 valence electrons. The summed E-state index contributed by atoms with van der Waals surface area (Å²) in [5.74, 6) is 0.338. The Labute approximate surface area is 108 Å². The molecule has 1 aliphatic heterocycles. The summed E-state index contributed by atoms with van der Waals surface area (Å²) in [6, 6.07) is 4.35. The molecule has 2 rings (SSSR count). The number of halogens is 2. The summed E-state index contributed by atoms with van der Waals surface area (Å²) in [6.07, 6.45) is 1.44. The van der Waals surface area contributed by atoms with Gasteiger partial charge in [0, 0.05) is 6.42 Å². The first-order chi connectivity index (χ1) is 8.25. The van der Waals surface area contributed by atoms with Crippen molar-refractivity contribution in [3.05, 3.63) is 28.5 Å². The fourth-order valence-corrected chi connectivity index (χ4v) is 2.03. The predicted molar refractivity (Wildman–Crippen MR) is 64.5 cm³/mol. The maximum atomic E-state index is 12.8. The SMILES string of the molecule is Fc1ccc(OCCC2OCCCO2)c(Br)c1. The molecule has 1 aliphatic rings. The molecular weight excluding hydrogens is 291 g/mol. The molecule has 0 bridgehead atoms. The first-order valence-corrected chi connectivity index (χ1v) is 6.36. The van der Waals surface area contributed by atoms with Crippen LogP contribution in [-0.4, -0.2) is 26.1 Å². The number of hydrogen-bond acceptors (Lipinski definition) is 3. The van der Waals surface area contributed by atoms with E-state index in [-0.39, 0.29) is 12.1 Å². The molecule has 0 atom stereocenters. The summed E-state index contributed by atoms with van der Waals surface area (Å²) in [6.45, 7) is 1.96. The Morgan fingerprint density at radius 1 is 1.35 bits per heavy atom. The molecule has 0 aliphatic carbocycles. The summed E-state index contributed by atoms with van der Waals surface area (Å²) in [5.41, 5.74) is 0. The molecule has 0 spiro atoms. The van der Waals surface area contributed by atoms with Crippen molar-refractivity contribution in [2.75, 3.05) is 19.8 Å². The van der Waals surface area contributed by atoms with Gasteiger partial charge >= 0.3 is 0 Å². The van der Waals surface area contributed by atoms with Gasteiger partial charge in [-0.05, 0) is 40.5 Å². The van der Waals surface area contributed by atoms with E-state index in [0.29, 0.717) is 23.2 Å². The van der Waals surface area contributed by atoms with Gasteiger partial charge in [-0.25, -0.2) is 4.39 Å². The van der Waals surface area contributed by atoms with Crippen molar-refractivity contribution >= 4 is 15.9 Å². The van der Waals surface area contributed by atoms with Crippen LogP contribution in [0.4, 0.5) is 4.39 Å². The van der Waals surface area contributed by atoms with E-state index in [0.717, 1.165) is 19.6 Å². The summed E-state index contributed by atoms with van der Waals surface area (Å²) >= 11 is 3.25. The first-order valence-electron chi connectivity index (χ1n) is 5.57. The van der Waals surface area contributed by atoms with E-state index in [9.17, 15) is 4.39 Å². The third-order valence-corrected chi connectivity index (χ3v) is 3.02. The standard InChI is InChI=1S/C12H14BrFO3/c13-10-8-9(14)2-3-11(10)15-7-4-12-16-5-1-6-17-12/h2-3,8,12H,1,4-7H2. The maximum absolute atomic E-state index is 12.8. The molecule has 0 amide bonds. The lowest BCUT2D eigenvalue weighted by atomic mass is 10.3. The summed E-state index contributed by atoms with van der Waals surface area (Å²) in [5, 5.41) is 0. The van der Waals surface area contributed by atoms with Gasteiger partial charge in [0.15, 0.2) is 6.29 Å². The van der Waals surface area contributed by atoms with Gasteiger partial charge < -0.3 is 14.2 Å². The molecule has 1 fully saturated rings. The molecule has 5 heteroatoms. The van der Waals surface area contributed by atoms with Crippen molar-refractivity contribution in [2.45, 2.75) is 19.1 Å². The van der Waals surface area contributed by atoms with Gasteiger partial charge in [-0.3, -0.25) is 0 Å². The van der Waals surface area contributed by atoms with Crippen LogP contribution in [0.15, 0.2) is 22.7 Å². The van der Waals surface area contributed by atoms with Crippen LogP contribution in [0.5, 0.6) is 5.75 Å². The van der Waals surface area contributed by atoms with Crippen molar-refractivity contribution in [1.82, 2.24) is 0 Å². The van der Waals surface area contributed by atoms with Crippen LogP contribution < -0.4 is 4.74 Å². The van der Waals surface area contributed by atoms with Gasteiger partial charge in [-0.2, -0.15) is 0 Å². The molecule has 1 saturated heterocycles. The molecule has 0 N–H and O–H groups in total. The van der Waals surface area contributed by atoms with Crippen LogP contribution in [0.25, 0.3) is 0 Å². The molecule has 3 nitrogen and oxygen atoms in total. The molecule has 1 aromatic rings. The Balaban J connectivity index is 1.77. The Bertz CT molecular complexity index is 367. The lowest BCUT2D eigenvalue weighted by molar-refractivity contribution is -0.183. The fraction of sp³-hybridized carbons (Fsp3) is 0.500. The van der Waals surface area contributed by atoms with Crippen LogP contribution >= 0.6 is 15.9 Å². The number of ether oxygens (including phenoxy) is 3. The Hall–Kier alpha value is -0.650. The zero-order valence-electron chi connectivity index (χ0n) is 9.33. The highest BCUT2D eigenvalue weighted by Crippen LogP contribution is 2.25. The molecule has 0 radical (unpaired) electrons. The molecule has 0 saturated carbocycles. The van der Waals surface area contributed by atoms with Crippen LogP contribution in [0, 0.1) is 5.82 Å². The molecule has 0 unspecified atom stereocenters. The fourth-order valence-electron chi connectivity index (χ4n) is 1.56. The largest absolute Gasteiger partial charge is 0.492 e. The highest BCUT2D eigenvalue weighted by Gasteiger charge is 2.14. The predicted octanol–water partition coefficient (Wildman–Crippen LogP) is 3.12. The average molecular weight is 305 g/mol. The summed E-state index contributed by atoms with van der Waals surface area (Å²) < 4.78 is 29.8. The van der Waals surface area contributed by atoms with Crippen molar-refractivity contribution < 1.29 is 18.6 Å². The van der Waals surface area contributed by atoms with E-state index in [2.05, 4.69) is 15.9 Å².